The predicted molar refractivity (Wildman–Crippen MR) is 65.6 cm³/mol. The molecule has 0 bridgehead atoms. The molecule has 1 fully saturated rings. The minimum atomic E-state index is -0.368. The van der Waals surface area contributed by atoms with E-state index in [1.165, 1.54) is 10.9 Å². The Kier molecular flexibility index (Phi) is 4.04. The molecular weight excluding hydrogens is 267 g/mol. The fourth-order valence-electron chi connectivity index (χ4n) is 1.73. The summed E-state index contributed by atoms with van der Waals surface area (Å²) in [6.45, 7) is 4.72. The summed E-state index contributed by atoms with van der Waals surface area (Å²) in [5, 5.41) is 2.33. The summed E-state index contributed by atoms with van der Waals surface area (Å²) in [6, 6.07) is 10.6. The van der Waals surface area contributed by atoms with Gasteiger partial charge in [-0.05, 0) is 0 Å². The molecule has 1 heterocycles. The van der Waals surface area contributed by atoms with E-state index in [-0.39, 0.29) is 5.79 Å². The number of benzene rings is 1. The first-order valence-corrected chi connectivity index (χ1v) is 8.01. The number of hydrogen-bond donors (Lipinski definition) is 0. The molecule has 0 radical (unpaired) electrons. The zero-order valence-electron chi connectivity index (χ0n) is 9.81. The van der Waals surface area contributed by atoms with E-state index in [2.05, 4.69) is 30.3 Å². The molecule has 16 heavy (non-hydrogen) atoms. The Morgan fingerprint density at radius 2 is 2.06 bits per heavy atom. The normalized spacial score (nSPS) is 23.5. The van der Waals surface area contributed by atoms with Crippen LogP contribution in [0.15, 0.2) is 30.3 Å². The standard InChI is InChI=1S/C13H18O2Se/c1-13(2)14-8-12(15-13)10-16-9-11-6-4-3-5-7-11/h3-7,12H,8-10H2,1-2H3. The van der Waals surface area contributed by atoms with Crippen LogP contribution in [0.2, 0.25) is 5.32 Å². The van der Waals surface area contributed by atoms with Gasteiger partial charge in [-0.3, -0.25) is 0 Å². The van der Waals surface area contributed by atoms with Crippen LogP contribution in [0.1, 0.15) is 19.4 Å². The fourth-order valence-corrected chi connectivity index (χ4v) is 3.77. The maximum atomic E-state index is 5.78. The van der Waals surface area contributed by atoms with Gasteiger partial charge in [-0.1, -0.05) is 0 Å². The van der Waals surface area contributed by atoms with Gasteiger partial charge in [0.2, 0.25) is 0 Å². The molecule has 0 aliphatic carbocycles. The van der Waals surface area contributed by atoms with Gasteiger partial charge in [0.1, 0.15) is 0 Å². The van der Waals surface area contributed by atoms with E-state index in [1.54, 1.807) is 0 Å². The molecule has 0 N–H and O–H groups in total. The summed E-state index contributed by atoms with van der Waals surface area (Å²) in [5.74, 6) is -0.368. The Morgan fingerprint density at radius 1 is 1.31 bits per heavy atom. The van der Waals surface area contributed by atoms with Crippen molar-refractivity contribution in [1.29, 1.82) is 0 Å². The van der Waals surface area contributed by atoms with Crippen LogP contribution in [-0.2, 0) is 14.8 Å². The van der Waals surface area contributed by atoms with Crippen LogP contribution in [0.25, 0.3) is 0 Å². The minimum absolute atomic E-state index is 0.304. The van der Waals surface area contributed by atoms with Crippen molar-refractivity contribution in [2.24, 2.45) is 0 Å². The van der Waals surface area contributed by atoms with Gasteiger partial charge < -0.3 is 0 Å². The molecule has 1 aliphatic heterocycles. The monoisotopic (exact) mass is 286 g/mol. The molecule has 1 aromatic carbocycles. The Balaban J connectivity index is 1.70. The van der Waals surface area contributed by atoms with E-state index in [4.69, 9.17) is 9.47 Å². The Bertz CT molecular complexity index is 324. The van der Waals surface area contributed by atoms with E-state index in [1.807, 2.05) is 13.8 Å². The third-order valence-corrected chi connectivity index (χ3v) is 4.88. The van der Waals surface area contributed by atoms with E-state index in [0.29, 0.717) is 21.1 Å². The van der Waals surface area contributed by atoms with Gasteiger partial charge >= 0.3 is 103 Å². The Morgan fingerprint density at radius 3 is 2.69 bits per heavy atom. The van der Waals surface area contributed by atoms with Gasteiger partial charge in [0.25, 0.3) is 0 Å². The van der Waals surface area contributed by atoms with Crippen LogP contribution >= 0.6 is 0 Å². The van der Waals surface area contributed by atoms with Crippen LogP contribution in [0.3, 0.4) is 0 Å². The van der Waals surface area contributed by atoms with Crippen LogP contribution in [-0.4, -0.2) is 33.5 Å². The number of rotatable bonds is 4. The third-order valence-electron chi connectivity index (χ3n) is 2.48. The second-order valence-corrected chi connectivity index (χ2v) is 6.61. The average molecular weight is 285 g/mol. The summed E-state index contributed by atoms with van der Waals surface area (Å²) in [4.78, 5) is 0. The molecule has 0 spiro atoms. The molecular formula is C13H18O2Se. The Labute approximate surface area is 103 Å². The zero-order chi connectivity index (χ0) is 11.4. The second-order valence-electron chi connectivity index (χ2n) is 4.45. The van der Waals surface area contributed by atoms with Crippen LogP contribution in [0, 0.1) is 0 Å². The topological polar surface area (TPSA) is 18.5 Å². The van der Waals surface area contributed by atoms with Crippen molar-refractivity contribution in [3.63, 3.8) is 0 Å². The van der Waals surface area contributed by atoms with Crippen LogP contribution < -0.4 is 0 Å². The summed E-state index contributed by atoms with van der Waals surface area (Å²) >= 11 is 0.607. The van der Waals surface area contributed by atoms with Crippen molar-refractivity contribution in [3.8, 4) is 0 Å². The molecule has 1 saturated heterocycles. The van der Waals surface area contributed by atoms with E-state index >= 15 is 0 Å². The first-order valence-electron chi connectivity index (χ1n) is 5.59. The summed E-state index contributed by atoms with van der Waals surface area (Å²) in [7, 11) is 0. The quantitative estimate of drug-likeness (QED) is 0.791. The molecule has 0 amide bonds. The molecule has 1 aliphatic rings. The van der Waals surface area contributed by atoms with Crippen LogP contribution in [0.5, 0.6) is 0 Å². The maximum absolute atomic E-state index is 5.78. The molecule has 1 unspecified atom stereocenters. The van der Waals surface area contributed by atoms with Crippen molar-refractivity contribution in [2.45, 2.75) is 36.4 Å². The average Bonchev–Trinajstić information content (AvgIpc) is 2.60. The van der Waals surface area contributed by atoms with Gasteiger partial charge in [0.15, 0.2) is 0 Å². The molecule has 0 saturated carbocycles. The summed E-state index contributed by atoms with van der Waals surface area (Å²) < 4.78 is 11.3. The second kappa shape index (κ2) is 5.33. The third kappa shape index (κ3) is 3.60. The Hall–Kier alpha value is -0.341. The zero-order valence-corrected chi connectivity index (χ0v) is 11.5. The molecule has 0 aromatic heterocycles. The first-order chi connectivity index (χ1) is 7.66. The number of hydrogen-bond acceptors (Lipinski definition) is 2. The van der Waals surface area contributed by atoms with Crippen molar-refractivity contribution in [3.05, 3.63) is 35.9 Å². The molecule has 1 atom stereocenters. The van der Waals surface area contributed by atoms with Crippen molar-refractivity contribution in [2.75, 3.05) is 6.61 Å². The fraction of sp³-hybridized carbons (Fsp3) is 0.538. The molecule has 88 valence electrons. The number of ether oxygens (including phenoxy) is 2. The van der Waals surface area contributed by atoms with Gasteiger partial charge in [-0.2, -0.15) is 0 Å². The van der Waals surface area contributed by atoms with E-state index in [0.717, 1.165) is 11.9 Å². The van der Waals surface area contributed by atoms with Gasteiger partial charge in [0, 0.05) is 0 Å². The molecule has 2 rings (SSSR count). The van der Waals surface area contributed by atoms with Crippen molar-refractivity contribution >= 4 is 15.0 Å². The predicted octanol–water partition coefficient (Wildman–Crippen LogP) is 2.46. The van der Waals surface area contributed by atoms with Crippen LogP contribution in [0.4, 0.5) is 0 Å². The van der Waals surface area contributed by atoms with E-state index < -0.39 is 0 Å². The molecule has 3 heteroatoms. The summed E-state index contributed by atoms with van der Waals surface area (Å²) in [6.07, 6.45) is 0.304. The van der Waals surface area contributed by atoms with Gasteiger partial charge in [-0.25, -0.2) is 0 Å². The van der Waals surface area contributed by atoms with Crippen molar-refractivity contribution < 1.29 is 9.47 Å². The molecule has 1 aromatic rings. The summed E-state index contributed by atoms with van der Waals surface area (Å²) in [5.41, 5.74) is 1.43. The van der Waals surface area contributed by atoms with Gasteiger partial charge in [-0.15, -0.1) is 0 Å². The van der Waals surface area contributed by atoms with Gasteiger partial charge in [0.05, 0.1) is 0 Å². The first kappa shape index (κ1) is 12.1. The van der Waals surface area contributed by atoms with E-state index in [9.17, 15) is 0 Å². The molecule has 2 nitrogen and oxygen atoms in total. The van der Waals surface area contributed by atoms with Crippen molar-refractivity contribution in [1.82, 2.24) is 0 Å². The SMILES string of the molecule is CC1(C)OCC(C[Se]Cc2ccccc2)O1.